The van der Waals surface area contributed by atoms with E-state index in [9.17, 15) is 0 Å². The van der Waals surface area contributed by atoms with Crippen LogP contribution < -0.4 is 9.47 Å². The third-order valence-electron chi connectivity index (χ3n) is 7.22. The maximum atomic E-state index is 6.64. The average Bonchev–Trinajstić information content (AvgIpc) is 3.42. The maximum absolute atomic E-state index is 6.64. The Hall–Kier alpha value is -4.57. The zero-order chi connectivity index (χ0) is 24.6. The van der Waals surface area contributed by atoms with Crippen LogP contribution in [0.3, 0.4) is 0 Å². The lowest BCUT2D eigenvalue weighted by molar-refractivity contribution is -0.0207. The van der Waals surface area contributed by atoms with Crippen molar-refractivity contribution in [3.05, 3.63) is 144 Å². The smallest absolute Gasteiger partial charge is 0.217 e. The summed E-state index contributed by atoms with van der Waals surface area (Å²) in [6.45, 7) is 0.495. The van der Waals surface area contributed by atoms with Crippen molar-refractivity contribution in [3.8, 4) is 11.5 Å². The van der Waals surface area contributed by atoms with Crippen molar-refractivity contribution in [2.24, 2.45) is 5.10 Å². The molecule has 4 heteroatoms. The Kier molecular flexibility index (Phi) is 5.36. The Morgan fingerprint density at radius 1 is 0.730 bits per heavy atom. The Balaban J connectivity index is 1.30. The van der Waals surface area contributed by atoms with Crippen molar-refractivity contribution in [3.63, 3.8) is 0 Å². The molecule has 0 saturated heterocycles. The molecule has 2 atom stereocenters. The highest BCUT2D eigenvalue weighted by Crippen LogP contribution is 2.49. The van der Waals surface area contributed by atoms with Gasteiger partial charge in [-0.15, -0.1) is 0 Å². The van der Waals surface area contributed by atoms with Crippen molar-refractivity contribution in [2.75, 3.05) is 0 Å². The normalized spacial score (nSPS) is 18.1. The first-order chi connectivity index (χ1) is 18.3. The second-order valence-corrected chi connectivity index (χ2v) is 9.49. The molecule has 0 aliphatic carbocycles. The van der Waals surface area contributed by atoms with Gasteiger partial charge < -0.3 is 9.47 Å². The van der Waals surface area contributed by atoms with Crippen LogP contribution in [0.4, 0.5) is 0 Å². The molecule has 0 bridgehead atoms. The number of nitrogens with zero attached hydrogens (tertiary/aromatic N) is 2. The Morgan fingerprint density at radius 2 is 1.46 bits per heavy atom. The van der Waals surface area contributed by atoms with Crippen molar-refractivity contribution in [1.29, 1.82) is 0 Å². The van der Waals surface area contributed by atoms with E-state index in [0.717, 1.165) is 34.8 Å². The number of ether oxygens (including phenoxy) is 2. The molecule has 0 N–H and O–H groups in total. The van der Waals surface area contributed by atoms with Crippen LogP contribution in [0.25, 0.3) is 10.8 Å². The number of benzene rings is 5. The molecule has 0 fully saturated rings. The summed E-state index contributed by atoms with van der Waals surface area (Å²) in [5.74, 6) is 1.71. The van der Waals surface area contributed by atoms with E-state index in [1.807, 2.05) is 42.5 Å². The summed E-state index contributed by atoms with van der Waals surface area (Å²) in [5.41, 5.74) is 5.52. The fourth-order valence-corrected chi connectivity index (χ4v) is 5.43. The SMILES string of the molecule is c1ccc(COc2ccccc2[C@@H]2Oc3ccccc3[C@H]3CC(c4cccc5ccccc45)=NN32)cc1. The van der Waals surface area contributed by atoms with Gasteiger partial charge in [0.2, 0.25) is 6.23 Å². The maximum Gasteiger partial charge on any atom is 0.217 e. The lowest BCUT2D eigenvalue weighted by Crippen LogP contribution is -2.34. The molecule has 4 nitrogen and oxygen atoms in total. The second-order valence-electron chi connectivity index (χ2n) is 9.49. The van der Waals surface area contributed by atoms with Gasteiger partial charge in [0.05, 0.1) is 17.3 Å². The first-order valence-electron chi connectivity index (χ1n) is 12.7. The zero-order valence-corrected chi connectivity index (χ0v) is 20.3. The van der Waals surface area contributed by atoms with E-state index in [4.69, 9.17) is 14.6 Å². The predicted molar refractivity (Wildman–Crippen MR) is 147 cm³/mol. The molecule has 2 heterocycles. The van der Waals surface area contributed by atoms with Crippen LogP contribution in [0.1, 0.15) is 40.9 Å². The summed E-state index contributed by atoms with van der Waals surface area (Å²) in [6.07, 6.45) is 0.428. The second kappa shape index (κ2) is 9.14. The minimum Gasteiger partial charge on any atom is -0.488 e. The molecule has 37 heavy (non-hydrogen) atoms. The van der Waals surface area contributed by atoms with Crippen LogP contribution in [-0.4, -0.2) is 10.7 Å². The molecule has 2 aliphatic rings. The molecular formula is C33H26N2O2. The fourth-order valence-electron chi connectivity index (χ4n) is 5.43. The third-order valence-corrected chi connectivity index (χ3v) is 7.22. The molecule has 0 aromatic heterocycles. The van der Waals surface area contributed by atoms with Crippen LogP contribution in [0.15, 0.2) is 126 Å². The van der Waals surface area contributed by atoms with E-state index in [-0.39, 0.29) is 12.3 Å². The Bertz CT molecular complexity index is 1610. The van der Waals surface area contributed by atoms with E-state index in [1.54, 1.807) is 0 Å². The largest absolute Gasteiger partial charge is 0.488 e. The van der Waals surface area contributed by atoms with Gasteiger partial charge in [-0.3, -0.25) is 0 Å². The lowest BCUT2D eigenvalue weighted by atomic mass is 9.93. The lowest BCUT2D eigenvalue weighted by Gasteiger charge is -2.38. The fraction of sp³-hybridized carbons (Fsp3) is 0.121. The summed E-state index contributed by atoms with van der Waals surface area (Å²) in [5, 5.41) is 9.79. The molecule has 7 rings (SSSR count). The number of para-hydroxylation sites is 2. The van der Waals surface area contributed by atoms with Crippen molar-refractivity contribution in [1.82, 2.24) is 5.01 Å². The van der Waals surface area contributed by atoms with E-state index >= 15 is 0 Å². The van der Waals surface area contributed by atoms with Crippen LogP contribution in [0.5, 0.6) is 11.5 Å². The highest BCUT2D eigenvalue weighted by molar-refractivity contribution is 6.11. The van der Waals surface area contributed by atoms with Crippen molar-refractivity contribution >= 4 is 16.5 Å². The van der Waals surface area contributed by atoms with Gasteiger partial charge in [-0.2, -0.15) is 5.10 Å². The molecule has 0 spiro atoms. The molecule has 5 aromatic rings. The first kappa shape index (κ1) is 21.7. The number of hydrazone groups is 1. The van der Waals surface area contributed by atoms with E-state index in [2.05, 4.69) is 83.9 Å². The van der Waals surface area contributed by atoms with Gasteiger partial charge in [-0.05, 0) is 34.5 Å². The topological polar surface area (TPSA) is 34.1 Å². The van der Waals surface area contributed by atoms with Crippen LogP contribution in [0, 0.1) is 0 Å². The molecular weight excluding hydrogens is 456 g/mol. The standard InChI is InChI=1S/C33H26N2O2/c1-2-11-23(12-3-1)22-36-31-19-8-7-17-28(31)33-35-30(27-16-6-9-20-32(27)37-33)21-29(34-35)26-18-10-14-24-13-4-5-15-25(24)26/h1-20,30,33H,21-22H2/t30-,33+/m1/s1. The van der Waals surface area contributed by atoms with Gasteiger partial charge >= 0.3 is 0 Å². The number of rotatable bonds is 5. The number of hydrogen-bond donors (Lipinski definition) is 0. The monoisotopic (exact) mass is 482 g/mol. The van der Waals surface area contributed by atoms with Crippen molar-refractivity contribution in [2.45, 2.75) is 25.3 Å². The Labute approximate surface area is 216 Å². The van der Waals surface area contributed by atoms with Gasteiger partial charge in [0.15, 0.2) is 0 Å². The van der Waals surface area contributed by atoms with E-state index in [1.165, 1.54) is 21.9 Å². The van der Waals surface area contributed by atoms with Gasteiger partial charge in [0, 0.05) is 17.5 Å². The van der Waals surface area contributed by atoms with Gasteiger partial charge in [-0.1, -0.05) is 103 Å². The van der Waals surface area contributed by atoms with Crippen LogP contribution >= 0.6 is 0 Å². The quantitative estimate of drug-likeness (QED) is 0.258. The van der Waals surface area contributed by atoms with E-state index in [0.29, 0.717) is 6.61 Å². The molecule has 0 unspecified atom stereocenters. The number of hydrogen-bond acceptors (Lipinski definition) is 4. The Morgan fingerprint density at radius 3 is 2.38 bits per heavy atom. The molecule has 5 aromatic carbocycles. The van der Waals surface area contributed by atoms with Crippen LogP contribution in [0.2, 0.25) is 0 Å². The first-order valence-corrected chi connectivity index (χ1v) is 12.7. The molecule has 0 amide bonds. The summed E-state index contributed by atoms with van der Waals surface area (Å²) in [6, 6.07) is 41.8. The molecule has 0 saturated carbocycles. The van der Waals surface area contributed by atoms with Gasteiger partial charge in [0.1, 0.15) is 18.1 Å². The van der Waals surface area contributed by atoms with Crippen molar-refractivity contribution < 1.29 is 9.47 Å². The number of fused-ring (bicyclic) bond motifs is 4. The minimum absolute atomic E-state index is 0.0890. The highest BCUT2D eigenvalue weighted by Gasteiger charge is 2.42. The summed E-state index contributed by atoms with van der Waals surface area (Å²) >= 11 is 0. The van der Waals surface area contributed by atoms with E-state index < -0.39 is 0 Å². The molecule has 0 radical (unpaired) electrons. The average molecular weight is 483 g/mol. The molecule has 180 valence electrons. The van der Waals surface area contributed by atoms with Gasteiger partial charge in [-0.25, -0.2) is 5.01 Å². The van der Waals surface area contributed by atoms with Gasteiger partial charge in [0.25, 0.3) is 0 Å². The summed E-state index contributed by atoms with van der Waals surface area (Å²) in [4.78, 5) is 0. The minimum atomic E-state index is -0.389. The molecule has 2 aliphatic heterocycles. The summed E-state index contributed by atoms with van der Waals surface area (Å²) in [7, 11) is 0. The third kappa shape index (κ3) is 3.91. The highest BCUT2D eigenvalue weighted by atomic mass is 16.5. The zero-order valence-electron chi connectivity index (χ0n) is 20.3. The summed E-state index contributed by atoms with van der Waals surface area (Å²) < 4.78 is 13.0. The predicted octanol–water partition coefficient (Wildman–Crippen LogP) is 7.66. The van der Waals surface area contributed by atoms with Crippen LogP contribution in [-0.2, 0) is 6.61 Å².